The Morgan fingerprint density at radius 1 is 1.20 bits per heavy atom. The van der Waals surface area contributed by atoms with Crippen LogP contribution in [0.15, 0.2) is 18.2 Å². The summed E-state index contributed by atoms with van der Waals surface area (Å²) in [7, 11) is -3.37. The fourth-order valence-corrected chi connectivity index (χ4v) is 3.88. The predicted molar refractivity (Wildman–Crippen MR) is 75.9 cm³/mol. The zero-order valence-electron chi connectivity index (χ0n) is 11.1. The smallest absolute Gasteiger partial charge is 0.236 e. The van der Waals surface area contributed by atoms with Gasteiger partial charge in [0.15, 0.2) is 11.5 Å². The van der Waals surface area contributed by atoms with Crippen LogP contribution in [0.2, 0.25) is 0 Å². The summed E-state index contributed by atoms with van der Waals surface area (Å²) in [5.41, 5.74) is 0.514. The van der Waals surface area contributed by atoms with Gasteiger partial charge in [-0.25, -0.2) is 8.42 Å². The van der Waals surface area contributed by atoms with Crippen LogP contribution in [-0.4, -0.2) is 40.0 Å². The van der Waals surface area contributed by atoms with E-state index in [4.69, 9.17) is 9.47 Å². The molecule has 6 nitrogen and oxygen atoms in total. The topological polar surface area (TPSA) is 76.7 Å². The Hall–Kier alpha value is -1.47. The summed E-state index contributed by atoms with van der Waals surface area (Å²) < 4.78 is 38.1. The molecule has 0 bridgehead atoms. The van der Waals surface area contributed by atoms with Crippen LogP contribution in [0.4, 0.5) is 5.69 Å². The van der Waals surface area contributed by atoms with Crippen molar-refractivity contribution in [1.29, 1.82) is 0 Å². The van der Waals surface area contributed by atoms with Crippen LogP contribution in [0.3, 0.4) is 0 Å². The van der Waals surface area contributed by atoms with Gasteiger partial charge in [-0.1, -0.05) is 0 Å². The molecular weight excluding hydrogens is 280 g/mol. The summed E-state index contributed by atoms with van der Waals surface area (Å²) in [5, 5.41) is 2.73. The van der Waals surface area contributed by atoms with Gasteiger partial charge >= 0.3 is 0 Å². The maximum atomic E-state index is 12.3. The molecule has 1 saturated heterocycles. The van der Waals surface area contributed by atoms with Crippen molar-refractivity contribution in [2.75, 3.05) is 31.0 Å². The highest BCUT2D eigenvalue weighted by molar-refractivity contribution is 7.93. The van der Waals surface area contributed by atoms with Gasteiger partial charge < -0.3 is 14.8 Å². The maximum Gasteiger partial charge on any atom is 0.236 e. The lowest BCUT2D eigenvalue weighted by molar-refractivity contribution is 0.171. The molecule has 0 saturated carbocycles. The summed E-state index contributed by atoms with van der Waals surface area (Å²) in [6, 6.07) is 5.09. The number of benzene rings is 1. The zero-order valence-corrected chi connectivity index (χ0v) is 11.9. The van der Waals surface area contributed by atoms with Crippen molar-refractivity contribution in [3.8, 4) is 11.5 Å². The van der Waals surface area contributed by atoms with E-state index in [0.717, 1.165) is 13.0 Å². The highest BCUT2D eigenvalue weighted by atomic mass is 32.2. The molecule has 0 aromatic heterocycles. The highest BCUT2D eigenvalue weighted by Gasteiger charge is 2.27. The molecule has 110 valence electrons. The molecule has 1 unspecified atom stereocenters. The Bertz CT molecular complexity index is 582. The number of sulfonamides is 1. The van der Waals surface area contributed by atoms with E-state index >= 15 is 0 Å². The minimum absolute atomic E-state index is 0.385. The van der Waals surface area contributed by atoms with Crippen LogP contribution in [0.5, 0.6) is 11.5 Å². The van der Waals surface area contributed by atoms with Gasteiger partial charge in [0.05, 0.1) is 10.9 Å². The van der Waals surface area contributed by atoms with Crippen LogP contribution >= 0.6 is 0 Å². The van der Waals surface area contributed by atoms with Gasteiger partial charge in [-0.15, -0.1) is 0 Å². The van der Waals surface area contributed by atoms with E-state index in [1.807, 2.05) is 0 Å². The first-order valence-electron chi connectivity index (χ1n) is 6.77. The van der Waals surface area contributed by atoms with E-state index in [9.17, 15) is 8.42 Å². The molecule has 1 aromatic carbocycles. The Morgan fingerprint density at radius 2 is 2.00 bits per heavy atom. The van der Waals surface area contributed by atoms with Crippen LogP contribution in [0.25, 0.3) is 0 Å². The second-order valence-electron chi connectivity index (χ2n) is 4.97. The summed E-state index contributed by atoms with van der Waals surface area (Å²) in [5.74, 6) is 1.23. The SMILES string of the molecule is O=S(=O)(Nc1ccc2c(c1)OCCO2)C1CCCNC1. The van der Waals surface area contributed by atoms with Gasteiger partial charge in [-0.2, -0.15) is 0 Å². The molecule has 0 spiro atoms. The molecule has 0 aliphatic carbocycles. The van der Waals surface area contributed by atoms with Crippen molar-refractivity contribution < 1.29 is 17.9 Å². The number of ether oxygens (including phenoxy) is 2. The number of fused-ring (bicyclic) bond motifs is 1. The number of piperidine rings is 1. The molecule has 7 heteroatoms. The molecule has 1 fully saturated rings. The average Bonchev–Trinajstić information content (AvgIpc) is 2.48. The molecule has 3 rings (SSSR count). The Kier molecular flexibility index (Phi) is 3.71. The number of hydrogen-bond donors (Lipinski definition) is 2. The summed E-state index contributed by atoms with van der Waals surface area (Å²) in [6.07, 6.45) is 1.57. The minimum atomic E-state index is -3.37. The molecule has 2 N–H and O–H groups in total. The third-order valence-corrected chi connectivity index (χ3v) is 5.29. The first-order valence-corrected chi connectivity index (χ1v) is 8.32. The van der Waals surface area contributed by atoms with Crippen LogP contribution in [-0.2, 0) is 10.0 Å². The Labute approximate surface area is 118 Å². The lowest BCUT2D eigenvalue weighted by Crippen LogP contribution is -2.41. The van der Waals surface area contributed by atoms with Gasteiger partial charge in [-0.3, -0.25) is 4.72 Å². The first kappa shape index (κ1) is 13.5. The van der Waals surface area contributed by atoms with E-state index in [-0.39, 0.29) is 5.25 Å². The second-order valence-corrected chi connectivity index (χ2v) is 6.93. The first-order chi connectivity index (χ1) is 9.65. The van der Waals surface area contributed by atoms with E-state index in [0.29, 0.717) is 43.4 Å². The molecule has 2 aliphatic heterocycles. The molecule has 2 aliphatic rings. The average molecular weight is 298 g/mol. The predicted octanol–water partition coefficient (Wildman–Crippen LogP) is 0.951. The molecule has 0 amide bonds. The third kappa shape index (κ3) is 2.83. The third-order valence-electron chi connectivity index (χ3n) is 3.49. The summed E-state index contributed by atoms with van der Waals surface area (Å²) in [4.78, 5) is 0. The van der Waals surface area contributed by atoms with Crippen LogP contribution in [0.1, 0.15) is 12.8 Å². The molecule has 1 aromatic rings. The van der Waals surface area contributed by atoms with Crippen LogP contribution < -0.4 is 19.5 Å². The molecular formula is C13H18N2O4S. The number of hydrogen-bond acceptors (Lipinski definition) is 5. The Morgan fingerprint density at radius 3 is 2.75 bits per heavy atom. The summed E-state index contributed by atoms with van der Waals surface area (Å²) >= 11 is 0. The van der Waals surface area contributed by atoms with Crippen molar-refractivity contribution in [2.24, 2.45) is 0 Å². The van der Waals surface area contributed by atoms with Gasteiger partial charge in [-0.05, 0) is 31.5 Å². The van der Waals surface area contributed by atoms with Crippen molar-refractivity contribution in [3.63, 3.8) is 0 Å². The second kappa shape index (κ2) is 5.49. The van der Waals surface area contributed by atoms with Gasteiger partial charge in [0.2, 0.25) is 10.0 Å². The highest BCUT2D eigenvalue weighted by Crippen LogP contribution is 2.33. The van der Waals surface area contributed by atoms with Crippen LogP contribution in [0, 0.1) is 0 Å². The minimum Gasteiger partial charge on any atom is -0.486 e. The van der Waals surface area contributed by atoms with Gasteiger partial charge in [0.1, 0.15) is 13.2 Å². The monoisotopic (exact) mass is 298 g/mol. The number of nitrogens with one attached hydrogen (secondary N) is 2. The fourth-order valence-electron chi connectivity index (χ4n) is 2.44. The quantitative estimate of drug-likeness (QED) is 0.869. The zero-order chi connectivity index (χ0) is 14.0. The largest absolute Gasteiger partial charge is 0.486 e. The van der Waals surface area contributed by atoms with Crippen molar-refractivity contribution in [3.05, 3.63) is 18.2 Å². The van der Waals surface area contributed by atoms with E-state index < -0.39 is 10.0 Å². The van der Waals surface area contributed by atoms with Crippen molar-refractivity contribution in [2.45, 2.75) is 18.1 Å². The number of anilines is 1. The number of rotatable bonds is 3. The standard InChI is InChI=1S/C13H18N2O4S/c16-20(17,11-2-1-5-14-9-11)15-10-3-4-12-13(8-10)19-7-6-18-12/h3-4,8,11,14-15H,1-2,5-7,9H2. The van der Waals surface area contributed by atoms with E-state index in [2.05, 4.69) is 10.0 Å². The lowest BCUT2D eigenvalue weighted by atomic mass is 10.2. The fraction of sp³-hybridized carbons (Fsp3) is 0.538. The molecule has 0 radical (unpaired) electrons. The van der Waals surface area contributed by atoms with Crippen molar-refractivity contribution >= 4 is 15.7 Å². The molecule has 2 heterocycles. The molecule has 20 heavy (non-hydrogen) atoms. The van der Waals surface area contributed by atoms with Crippen molar-refractivity contribution in [1.82, 2.24) is 5.32 Å². The normalized spacial score (nSPS) is 22.3. The van der Waals surface area contributed by atoms with E-state index in [1.54, 1.807) is 18.2 Å². The Balaban J connectivity index is 1.76. The maximum absolute atomic E-state index is 12.3. The van der Waals surface area contributed by atoms with Gasteiger partial charge in [0.25, 0.3) is 0 Å². The molecule has 1 atom stereocenters. The van der Waals surface area contributed by atoms with Gasteiger partial charge in [0, 0.05) is 12.6 Å². The summed E-state index contributed by atoms with van der Waals surface area (Å²) in [6.45, 7) is 2.39. The lowest BCUT2D eigenvalue weighted by Gasteiger charge is -2.24. The van der Waals surface area contributed by atoms with E-state index in [1.165, 1.54) is 0 Å².